The van der Waals surface area contributed by atoms with Crippen LogP contribution in [-0.2, 0) is 0 Å². The molecule has 3 N–H and O–H groups in total. The third-order valence-corrected chi connectivity index (χ3v) is 1.99. The number of amidine groups is 1. The van der Waals surface area contributed by atoms with Crippen molar-refractivity contribution < 1.29 is 17.6 Å². The van der Waals surface area contributed by atoms with E-state index in [0.29, 0.717) is 5.70 Å². The van der Waals surface area contributed by atoms with E-state index in [1.807, 2.05) is 0 Å². The minimum atomic E-state index is -5.20. The summed E-state index contributed by atoms with van der Waals surface area (Å²) in [5.74, 6) is -4.88. The summed E-state index contributed by atoms with van der Waals surface area (Å²) in [6, 6.07) is 0. The zero-order chi connectivity index (χ0) is 13.1. The van der Waals surface area contributed by atoms with Crippen LogP contribution in [0.3, 0.4) is 0 Å². The highest BCUT2D eigenvalue weighted by Crippen LogP contribution is 2.31. The second kappa shape index (κ2) is 4.70. The molecule has 1 unspecified atom stereocenters. The molecule has 0 aromatic carbocycles. The molecule has 1 atom stereocenters. The van der Waals surface area contributed by atoms with Crippen molar-refractivity contribution in [1.82, 2.24) is 5.32 Å². The maximum Gasteiger partial charge on any atom is 0.443 e. The highest BCUT2D eigenvalue weighted by atomic mass is 19.4. The van der Waals surface area contributed by atoms with Crippen molar-refractivity contribution in [1.29, 1.82) is 0 Å². The molecule has 0 bridgehead atoms. The predicted molar refractivity (Wildman–Crippen MR) is 56.9 cm³/mol. The Kier molecular flexibility index (Phi) is 3.72. The highest BCUT2D eigenvalue weighted by Gasteiger charge is 2.58. The van der Waals surface area contributed by atoms with Gasteiger partial charge in [0.25, 0.3) is 0 Å². The Hall–Kier alpha value is -1.63. The van der Waals surface area contributed by atoms with Gasteiger partial charge < -0.3 is 5.32 Å². The van der Waals surface area contributed by atoms with Gasteiger partial charge in [0.15, 0.2) is 5.84 Å². The lowest BCUT2D eigenvalue weighted by Crippen LogP contribution is -2.59. The van der Waals surface area contributed by atoms with Gasteiger partial charge in [0.05, 0.1) is 6.54 Å². The van der Waals surface area contributed by atoms with E-state index in [1.54, 1.807) is 6.08 Å². The fourth-order valence-electron chi connectivity index (χ4n) is 1.08. The van der Waals surface area contributed by atoms with E-state index in [1.165, 1.54) is 18.2 Å². The first-order valence-corrected chi connectivity index (χ1v) is 4.63. The standard InChI is InChI=1S/C10H11F4N3/c1-2-3-4-5-7-6-16-8(17-7)9(11,15)10(12,13)14/h2-5H,1,6,15H2,(H,16,17)/b4-3-,7-5+. The minimum absolute atomic E-state index is 0.0736. The van der Waals surface area contributed by atoms with Gasteiger partial charge in [-0.05, 0) is 6.08 Å². The third kappa shape index (κ3) is 2.94. The fraction of sp³-hybridized carbons (Fsp3) is 0.300. The lowest BCUT2D eigenvalue weighted by molar-refractivity contribution is -0.202. The van der Waals surface area contributed by atoms with E-state index in [-0.39, 0.29) is 6.54 Å². The molecule has 0 amide bonds. The van der Waals surface area contributed by atoms with Crippen LogP contribution in [0.4, 0.5) is 17.6 Å². The Labute approximate surface area is 95.4 Å². The first-order valence-electron chi connectivity index (χ1n) is 4.63. The molecule has 0 radical (unpaired) electrons. The largest absolute Gasteiger partial charge is 0.443 e. The molecule has 17 heavy (non-hydrogen) atoms. The van der Waals surface area contributed by atoms with Crippen LogP contribution in [0.5, 0.6) is 0 Å². The maximum atomic E-state index is 13.3. The summed E-state index contributed by atoms with van der Waals surface area (Å²) in [4.78, 5) is 3.39. The molecule has 1 aliphatic heterocycles. The van der Waals surface area contributed by atoms with Gasteiger partial charge in [0, 0.05) is 5.70 Å². The van der Waals surface area contributed by atoms with Gasteiger partial charge in [-0.2, -0.15) is 13.2 Å². The molecule has 94 valence electrons. The molecular formula is C10H11F4N3. The number of hydrogen-bond donors (Lipinski definition) is 2. The van der Waals surface area contributed by atoms with Crippen LogP contribution >= 0.6 is 0 Å². The number of halogens is 4. The van der Waals surface area contributed by atoms with Crippen LogP contribution in [-0.4, -0.2) is 24.3 Å². The molecule has 0 aliphatic carbocycles. The molecular weight excluding hydrogens is 238 g/mol. The second-order valence-corrected chi connectivity index (χ2v) is 3.31. The van der Waals surface area contributed by atoms with Crippen LogP contribution in [0, 0.1) is 0 Å². The summed E-state index contributed by atoms with van der Waals surface area (Å²) >= 11 is 0. The summed E-state index contributed by atoms with van der Waals surface area (Å²) < 4.78 is 50.0. The molecule has 0 fully saturated rings. The van der Waals surface area contributed by atoms with Crippen molar-refractivity contribution in [2.75, 3.05) is 6.54 Å². The first kappa shape index (κ1) is 13.4. The molecule has 1 heterocycles. The van der Waals surface area contributed by atoms with Crippen LogP contribution < -0.4 is 11.1 Å². The summed E-state index contributed by atoms with van der Waals surface area (Å²) in [7, 11) is 0. The monoisotopic (exact) mass is 249 g/mol. The van der Waals surface area contributed by atoms with E-state index in [2.05, 4.69) is 22.6 Å². The lowest BCUT2D eigenvalue weighted by atomic mass is 10.2. The maximum absolute atomic E-state index is 13.3. The highest BCUT2D eigenvalue weighted by molar-refractivity contribution is 5.93. The quantitative estimate of drug-likeness (QED) is 0.455. The van der Waals surface area contributed by atoms with Crippen LogP contribution in [0.1, 0.15) is 0 Å². The number of hydrogen-bond acceptors (Lipinski definition) is 3. The summed E-state index contributed by atoms with van der Waals surface area (Å²) in [6.45, 7) is 3.34. The molecule has 1 aliphatic rings. The molecule has 7 heteroatoms. The van der Waals surface area contributed by atoms with E-state index < -0.39 is 17.8 Å². The Bertz CT molecular complexity index is 391. The molecule has 0 aromatic rings. The van der Waals surface area contributed by atoms with Gasteiger partial charge in [-0.15, -0.1) is 0 Å². The van der Waals surface area contributed by atoms with Gasteiger partial charge in [-0.25, -0.2) is 4.39 Å². The zero-order valence-corrected chi connectivity index (χ0v) is 8.76. The van der Waals surface area contributed by atoms with E-state index >= 15 is 0 Å². The van der Waals surface area contributed by atoms with Crippen LogP contribution in [0.15, 0.2) is 41.6 Å². The summed E-state index contributed by atoms with van der Waals surface area (Å²) in [6.07, 6.45) is 0.862. The predicted octanol–water partition coefficient (Wildman–Crippen LogP) is 1.80. The van der Waals surface area contributed by atoms with Gasteiger partial charge >= 0.3 is 12.0 Å². The van der Waals surface area contributed by atoms with Gasteiger partial charge in [-0.1, -0.05) is 24.8 Å². The van der Waals surface area contributed by atoms with E-state index in [0.717, 1.165) is 0 Å². The first-order chi connectivity index (χ1) is 7.79. The van der Waals surface area contributed by atoms with Gasteiger partial charge in [0.1, 0.15) is 0 Å². The second-order valence-electron chi connectivity index (χ2n) is 3.31. The summed E-state index contributed by atoms with van der Waals surface area (Å²) in [5, 5.41) is 2.20. The molecule has 0 aromatic heterocycles. The van der Waals surface area contributed by atoms with Crippen molar-refractivity contribution in [2.45, 2.75) is 12.0 Å². The van der Waals surface area contributed by atoms with Gasteiger partial charge in [0.2, 0.25) is 0 Å². The number of nitrogens with zero attached hydrogens (tertiary/aromatic N) is 1. The summed E-state index contributed by atoms with van der Waals surface area (Å²) in [5.41, 5.74) is 4.90. The molecule has 3 nitrogen and oxygen atoms in total. The van der Waals surface area contributed by atoms with Crippen LogP contribution in [0.2, 0.25) is 0 Å². The van der Waals surface area contributed by atoms with E-state index in [9.17, 15) is 17.6 Å². The van der Waals surface area contributed by atoms with Crippen molar-refractivity contribution >= 4 is 5.84 Å². The molecule has 1 rings (SSSR count). The Balaban J connectivity index is 2.77. The number of aliphatic imine (C=N–C) groups is 1. The topological polar surface area (TPSA) is 50.4 Å². The number of nitrogens with two attached hydrogens (primary N) is 1. The average Bonchev–Trinajstić information content (AvgIpc) is 2.65. The van der Waals surface area contributed by atoms with E-state index in [4.69, 9.17) is 0 Å². The SMILES string of the molecule is C=C/C=C\C=C1/CN=C(C(N)(F)C(F)(F)F)N1. The zero-order valence-electron chi connectivity index (χ0n) is 8.76. The van der Waals surface area contributed by atoms with Crippen molar-refractivity contribution in [3.8, 4) is 0 Å². The third-order valence-electron chi connectivity index (χ3n) is 1.99. The Morgan fingerprint density at radius 1 is 1.29 bits per heavy atom. The normalized spacial score (nSPS) is 22.4. The smallest absolute Gasteiger partial charge is 0.342 e. The Morgan fingerprint density at radius 3 is 2.47 bits per heavy atom. The average molecular weight is 249 g/mol. The molecule has 0 saturated carbocycles. The van der Waals surface area contributed by atoms with Crippen molar-refractivity contribution in [3.05, 3.63) is 36.6 Å². The van der Waals surface area contributed by atoms with Crippen LogP contribution in [0.25, 0.3) is 0 Å². The number of nitrogens with one attached hydrogen (secondary N) is 1. The number of rotatable bonds is 3. The number of allylic oxidation sites excluding steroid dienone is 4. The van der Waals surface area contributed by atoms with Gasteiger partial charge in [-0.3, -0.25) is 10.7 Å². The minimum Gasteiger partial charge on any atom is -0.342 e. The van der Waals surface area contributed by atoms with Crippen molar-refractivity contribution in [2.24, 2.45) is 10.7 Å². The fourth-order valence-corrected chi connectivity index (χ4v) is 1.08. The molecule has 0 spiro atoms. The molecule has 0 saturated heterocycles. The Morgan fingerprint density at radius 2 is 1.94 bits per heavy atom. The van der Waals surface area contributed by atoms with Crippen molar-refractivity contribution in [3.63, 3.8) is 0 Å². The lowest BCUT2D eigenvalue weighted by Gasteiger charge is -2.23. The number of alkyl halides is 4.